The Hall–Kier alpha value is -2.98. The molecule has 1 aromatic heterocycles. The summed E-state index contributed by atoms with van der Waals surface area (Å²) in [5, 5.41) is 16.0. The van der Waals surface area contributed by atoms with E-state index in [0.29, 0.717) is 0 Å². The molecule has 0 saturated carbocycles. The van der Waals surface area contributed by atoms with Crippen molar-refractivity contribution in [3.63, 3.8) is 0 Å². The number of nitrogens with zero attached hydrogens (tertiary/aromatic N) is 2. The zero-order valence-electron chi connectivity index (χ0n) is 23.3. The van der Waals surface area contributed by atoms with Crippen molar-refractivity contribution in [3.8, 4) is 10.4 Å². The second-order valence-corrected chi connectivity index (χ2v) is 12.0. The number of aliphatic hydroxyl groups excluding tert-OH is 1. The number of β-amino-alcohol motifs (C(OH)–C–C–N with tert-alkyl or cyclic N) is 1. The Bertz CT molecular complexity index is 1130. The van der Waals surface area contributed by atoms with Crippen LogP contribution in [0.25, 0.3) is 10.4 Å². The molecule has 10 heteroatoms. The predicted octanol–water partition coefficient (Wildman–Crippen LogP) is 4.06. The van der Waals surface area contributed by atoms with Crippen molar-refractivity contribution in [1.82, 2.24) is 20.5 Å². The number of hydrogen-bond donors (Lipinski definition) is 3. The second-order valence-electron chi connectivity index (χ2n) is 11.1. The SMILES string of the molecule is CCc1ncsc1-c1ccc([C@H](C)NC(=O)[C@@H]2C[C@@H](O)CN2C(=O)[C@@H](NC(=O)OC(C)(C)C)C(C)C)cc1. The Labute approximate surface area is 229 Å². The van der Waals surface area contributed by atoms with E-state index in [9.17, 15) is 19.5 Å². The van der Waals surface area contributed by atoms with Gasteiger partial charge in [-0.05, 0) is 51.2 Å². The maximum atomic E-state index is 13.5. The van der Waals surface area contributed by atoms with Crippen LogP contribution < -0.4 is 10.6 Å². The van der Waals surface area contributed by atoms with Gasteiger partial charge in [-0.3, -0.25) is 9.59 Å². The first kappa shape index (κ1) is 29.6. The molecule has 0 spiro atoms. The average Bonchev–Trinajstić information content (AvgIpc) is 3.47. The van der Waals surface area contributed by atoms with Gasteiger partial charge in [-0.2, -0.15) is 0 Å². The molecule has 38 heavy (non-hydrogen) atoms. The Morgan fingerprint density at radius 1 is 1.16 bits per heavy atom. The first-order valence-electron chi connectivity index (χ1n) is 13.1. The van der Waals surface area contributed by atoms with Crippen LogP contribution in [-0.2, 0) is 20.7 Å². The van der Waals surface area contributed by atoms with Crippen molar-refractivity contribution < 1.29 is 24.2 Å². The van der Waals surface area contributed by atoms with E-state index < -0.39 is 35.8 Å². The van der Waals surface area contributed by atoms with Crippen LogP contribution in [0.4, 0.5) is 4.79 Å². The molecule has 3 N–H and O–H groups in total. The number of aryl methyl sites for hydroxylation is 1. The van der Waals surface area contributed by atoms with E-state index in [1.807, 2.05) is 50.5 Å². The molecule has 208 valence electrons. The predicted molar refractivity (Wildman–Crippen MR) is 148 cm³/mol. The number of likely N-dealkylation sites (tertiary alicyclic amines) is 1. The third kappa shape index (κ3) is 7.32. The highest BCUT2D eigenvalue weighted by molar-refractivity contribution is 7.13. The summed E-state index contributed by atoms with van der Waals surface area (Å²) in [7, 11) is 0. The largest absolute Gasteiger partial charge is 0.444 e. The van der Waals surface area contributed by atoms with E-state index in [1.165, 1.54) is 4.90 Å². The molecule has 0 radical (unpaired) electrons. The molecule has 3 amide bonds. The summed E-state index contributed by atoms with van der Waals surface area (Å²) in [6.07, 6.45) is -0.538. The second kappa shape index (κ2) is 12.3. The molecule has 4 atom stereocenters. The molecule has 2 heterocycles. The number of benzene rings is 1. The van der Waals surface area contributed by atoms with Gasteiger partial charge in [0.25, 0.3) is 0 Å². The van der Waals surface area contributed by atoms with Gasteiger partial charge in [-0.25, -0.2) is 9.78 Å². The summed E-state index contributed by atoms with van der Waals surface area (Å²) in [5.41, 5.74) is 4.21. The van der Waals surface area contributed by atoms with Gasteiger partial charge in [0.05, 0.1) is 28.2 Å². The number of nitrogens with one attached hydrogen (secondary N) is 2. The summed E-state index contributed by atoms with van der Waals surface area (Å²) < 4.78 is 5.32. The third-order valence-electron chi connectivity index (χ3n) is 6.48. The topological polar surface area (TPSA) is 121 Å². The normalized spacial score (nSPS) is 19.2. The molecule has 0 unspecified atom stereocenters. The molecular formula is C28H40N4O5S. The molecule has 0 aliphatic carbocycles. The van der Waals surface area contributed by atoms with Crippen LogP contribution in [0.2, 0.25) is 0 Å². The van der Waals surface area contributed by atoms with E-state index in [4.69, 9.17) is 4.74 Å². The van der Waals surface area contributed by atoms with Gasteiger partial charge in [-0.15, -0.1) is 11.3 Å². The summed E-state index contributed by atoms with van der Waals surface area (Å²) in [4.78, 5) is 46.1. The van der Waals surface area contributed by atoms with Crippen molar-refractivity contribution >= 4 is 29.2 Å². The van der Waals surface area contributed by atoms with Gasteiger partial charge in [0.1, 0.15) is 17.7 Å². The molecule has 1 aromatic carbocycles. The molecule has 2 aromatic rings. The fourth-order valence-electron chi connectivity index (χ4n) is 4.50. The monoisotopic (exact) mass is 544 g/mol. The lowest BCUT2D eigenvalue weighted by molar-refractivity contribution is -0.141. The number of alkyl carbamates (subject to hydrolysis) is 1. The van der Waals surface area contributed by atoms with Gasteiger partial charge >= 0.3 is 6.09 Å². The number of hydrogen-bond acceptors (Lipinski definition) is 7. The van der Waals surface area contributed by atoms with Crippen LogP contribution in [0, 0.1) is 5.92 Å². The van der Waals surface area contributed by atoms with Crippen LogP contribution >= 0.6 is 11.3 Å². The van der Waals surface area contributed by atoms with Crippen LogP contribution in [0.5, 0.6) is 0 Å². The molecule has 1 aliphatic heterocycles. The summed E-state index contributed by atoms with van der Waals surface area (Å²) in [6, 6.07) is 5.96. The van der Waals surface area contributed by atoms with Crippen LogP contribution in [0.3, 0.4) is 0 Å². The minimum absolute atomic E-state index is 0.0217. The van der Waals surface area contributed by atoms with Gasteiger partial charge in [0, 0.05) is 13.0 Å². The molecular weight excluding hydrogens is 504 g/mol. The van der Waals surface area contributed by atoms with E-state index in [2.05, 4.69) is 22.5 Å². The number of rotatable bonds is 8. The highest BCUT2D eigenvalue weighted by atomic mass is 32.1. The molecule has 9 nitrogen and oxygen atoms in total. The lowest BCUT2D eigenvalue weighted by Gasteiger charge is -2.31. The van der Waals surface area contributed by atoms with E-state index in [1.54, 1.807) is 32.1 Å². The Morgan fingerprint density at radius 2 is 1.82 bits per heavy atom. The van der Waals surface area contributed by atoms with E-state index in [-0.39, 0.29) is 30.8 Å². The highest BCUT2D eigenvalue weighted by Gasteiger charge is 2.42. The fraction of sp³-hybridized carbons (Fsp3) is 0.571. The highest BCUT2D eigenvalue weighted by Crippen LogP contribution is 2.29. The molecule has 1 fully saturated rings. The Morgan fingerprint density at radius 3 is 2.39 bits per heavy atom. The van der Waals surface area contributed by atoms with Gasteiger partial charge in [0.15, 0.2) is 0 Å². The number of aromatic nitrogens is 1. The average molecular weight is 545 g/mol. The van der Waals surface area contributed by atoms with Gasteiger partial charge in [-0.1, -0.05) is 45.0 Å². The number of amides is 3. The summed E-state index contributed by atoms with van der Waals surface area (Å²) >= 11 is 1.61. The zero-order valence-corrected chi connectivity index (χ0v) is 24.1. The summed E-state index contributed by atoms with van der Waals surface area (Å²) in [6.45, 7) is 12.8. The maximum absolute atomic E-state index is 13.5. The Kier molecular flexibility index (Phi) is 9.54. The van der Waals surface area contributed by atoms with Crippen LogP contribution in [0.15, 0.2) is 29.8 Å². The third-order valence-corrected chi connectivity index (χ3v) is 7.40. The zero-order chi connectivity index (χ0) is 28.2. The van der Waals surface area contributed by atoms with Crippen molar-refractivity contribution in [2.24, 2.45) is 5.92 Å². The molecule has 3 rings (SSSR count). The quantitative estimate of drug-likeness (QED) is 0.461. The Balaban J connectivity index is 1.69. The minimum atomic E-state index is -0.893. The number of carbonyl (C=O) groups is 3. The van der Waals surface area contributed by atoms with E-state index in [0.717, 1.165) is 28.1 Å². The van der Waals surface area contributed by atoms with E-state index >= 15 is 0 Å². The molecule has 1 saturated heterocycles. The smallest absolute Gasteiger partial charge is 0.408 e. The summed E-state index contributed by atoms with van der Waals surface area (Å²) in [5.74, 6) is -1.02. The van der Waals surface area contributed by atoms with Crippen molar-refractivity contribution in [2.45, 2.75) is 91.1 Å². The van der Waals surface area contributed by atoms with Crippen molar-refractivity contribution in [3.05, 3.63) is 41.0 Å². The first-order valence-corrected chi connectivity index (χ1v) is 14.0. The maximum Gasteiger partial charge on any atom is 0.408 e. The fourth-order valence-corrected chi connectivity index (χ4v) is 5.40. The van der Waals surface area contributed by atoms with Crippen molar-refractivity contribution in [1.29, 1.82) is 0 Å². The van der Waals surface area contributed by atoms with Gasteiger partial charge in [0.2, 0.25) is 11.8 Å². The lowest BCUT2D eigenvalue weighted by Crippen LogP contribution is -2.55. The van der Waals surface area contributed by atoms with Crippen molar-refractivity contribution in [2.75, 3.05) is 6.54 Å². The number of thiazole rings is 1. The molecule has 1 aliphatic rings. The standard InChI is InChI=1S/C28H40N4O5S/c1-8-21-24(38-15-29-21)19-11-9-18(10-12-19)17(4)30-25(34)22-13-20(33)14-32(22)26(35)23(16(2)3)31-27(36)37-28(5,6)7/h9-12,15-17,20,22-23,33H,8,13-14H2,1-7H3,(H,30,34)(H,31,36)/t17-,20+,22-,23-/m0/s1. The number of aliphatic hydroxyl groups is 1. The lowest BCUT2D eigenvalue weighted by atomic mass is 10.0. The molecule has 0 bridgehead atoms. The number of carbonyl (C=O) groups excluding carboxylic acids is 3. The van der Waals surface area contributed by atoms with Crippen LogP contribution in [0.1, 0.15) is 72.2 Å². The minimum Gasteiger partial charge on any atom is -0.444 e. The number of ether oxygens (including phenoxy) is 1. The van der Waals surface area contributed by atoms with Crippen LogP contribution in [-0.4, -0.2) is 63.2 Å². The first-order chi connectivity index (χ1) is 17.8. The van der Waals surface area contributed by atoms with Gasteiger partial charge < -0.3 is 25.4 Å².